The van der Waals surface area contributed by atoms with E-state index in [1.54, 1.807) is 17.8 Å². The lowest BCUT2D eigenvalue weighted by Crippen LogP contribution is -2.48. The van der Waals surface area contributed by atoms with E-state index in [0.717, 1.165) is 14.9 Å². The summed E-state index contributed by atoms with van der Waals surface area (Å²) in [5.41, 5.74) is 0.306. The number of ether oxygens (including phenoxy) is 1. The minimum absolute atomic E-state index is 0.162. The highest BCUT2D eigenvalue weighted by molar-refractivity contribution is 8.01. The Morgan fingerprint density at radius 2 is 2.19 bits per heavy atom. The topological polar surface area (TPSA) is 101 Å². The summed E-state index contributed by atoms with van der Waals surface area (Å²) in [6.45, 7) is 3.90. The standard InChI is InChI=1S/C15H17ClN4O4S3/c1-8(2)25-15-19-18-14(26-15)17-13(21)12-7-20(27(3,22)23)10-6-9(16)4-5-11(10)24-12/h4-6,8,12H,7H2,1-3H3,(H,17,18,21)/t12-/m1/s1. The van der Waals surface area contributed by atoms with Gasteiger partial charge in [-0.15, -0.1) is 10.2 Å². The fourth-order valence-electron chi connectivity index (χ4n) is 2.37. The van der Waals surface area contributed by atoms with Crippen molar-refractivity contribution in [2.75, 3.05) is 22.4 Å². The van der Waals surface area contributed by atoms with E-state index in [1.807, 2.05) is 13.8 Å². The zero-order valence-electron chi connectivity index (χ0n) is 14.7. The van der Waals surface area contributed by atoms with Crippen molar-refractivity contribution in [1.29, 1.82) is 0 Å². The van der Waals surface area contributed by atoms with Gasteiger partial charge in [-0.1, -0.05) is 48.5 Å². The number of fused-ring (bicyclic) bond motifs is 1. The number of aromatic nitrogens is 2. The zero-order chi connectivity index (χ0) is 19.8. The molecule has 27 heavy (non-hydrogen) atoms. The summed E-state index contributed by atoms with van der Waals surface area (Å²) in [6.07, 6.45) is 0.0384. The number of benzene rings is 1. The average Bonchev–Trinajstić information content (AvgIpc) is 2.98. The first-order chi connectivity index (χ1) is 12.6. The highest BCUT2D eigenvalue weighted by Crippen LogP contribution is 2.37. The van der Waals surface area contributed by atoms with Gasteiger partial charge < -0.3 is 4.74 Å². The lowest BCUT2D eigenvalue weighted by molar-refractivity contribution is -0.122. The number of hydrogen-bond donors (Lipinski definition) is 1. The van der Waals surface area contributed by atoms with Gasteiger partial charge >= 0.3 is 0 Å². The second-order valence-electron chi connectivity index (χ2n) is 6.04. The molecule has 0 radical (unpaired) electrons. The first-order valence-corrected chi connectivity index (χ1v) is 11.8. The molecule has 1 aliphatic rings. The molecule has 1 aliphatic heterocycles. The maximum absolute atomic E-state index is 12.6. The Morgan fingerprint density at radius 1 is 1.44 bits per heavy atom. The average molecular weight is 449 g/mol. The van der Waals surface area contributed by atoms with Crippen LogP contribution in [0.1, 0.15) is 13.8 Å². The van der Waals surface area contributed by atoms with E-state index < -0.39 is 22.0 Å². The third kappa shape index (κ3) is 4.84. The van der Waals surface area contributed by atoms with Gasteiger partial charge in [0, 0.05) is 10.3 Å². The molecule has 0 unspecified atom stereocenters. The summed E-state index contributed by atoms with van der Waals surface area (Å²) < 4.78 is 31.9. The highest BCUT2D eigenvalue weighted by Gasteiger charge is 2.35. The summed E-state index contributed by atoms with van der Waals surface area (Å²) in [5, 5.41) is 11.6. The molecule has 1 atom stereocenters. The summed E-state index contributed by atoms with van der Waals surface area (Å²) in [5.74, 6) is -0.231. The van der Waals surface area contributed by atoms with Gasteiger partial charge in [0.25, 0.3) is 5.91 Å². The third-order valence-corrected chi connectivity index (χ3v) is 6.76. The van der Waals surface area contributed by atoms with Gasteiger partial charge in [0.1, 0.15) is 5.75 Å². The molecule has 0 saturated heterocycles. The molecule has 1 amide bonds. The van der Waals surface area contributed by atoms with Crippen LogP contribution in [-0.2, 0) is 14.8 Å². The Kier molecular flexibility index (Phi) is 5.84. The predicted octanol–water partition coefficient (Wildman–Crippen LogP) is 2.86. The minimum atomic E-state index is -3.62. The summed E-state index contributed by atoms with van der Waals surface area (Å²) in [6, 6.07) is 4.60. The number of halogens is 1. The molecule has 0 aliphatic carbocycles. The Morgan fingerprint density at radius 3 is 2.85 bits per heavy atom. The zero-order valence-corrected chi connectivity index (χ0v) is 17.9. The van der Waals surface area contributed by atoms with Gasteiger partial charge in [-0.3, -0.25) is 14.4 Å². The SMILES string of the molecule is CC(C)Sc1nnc(NC(=O)[C@H]2CN(S(C)(=O)=O)c3cc(Cl)ccc3O2)s1. The quantitative estimate of drug-likeness (QED) is 0.554. The van der Waals surface area contributed by atoms with Crippen LogP contribution >= 0.6 is 34.7 Å². The second kappa shape index (κ2) is 7.82. The van der Waals surface area contributed by atoms with Gasteiger partial charge in [-0.2, -0.15) is 0 Å². The number of nitrogens with one attached hydrogen (secondary N) is 1. The molecule has 1 aromatic carbocycles. The molecule has 0 spiro atoms. The molecule has 2 heterocycles. The molecule has 1 N–H and O–H groups in total. The van der Waals surface area contributed by atoms with Crippen molar-refractivity contribution in [1.82, 2.24) is 10.2 Å². The molecular weight excluding hydrogens is 432 g/mol. The molecule has 146 valence electrons. The van der Waals surface area contributed by atoms with Crippen LogP contribution in [0.25, 0.3) is 0 Å². The molecule has 0 saturated carbocycles. The predicted molar refractivity (Wildman–Crippen MR) is 108 cm³/mol. The smallest absolute Gasteiger partial charge is 0.269 e. The Bertz CT molecular complexity index is 964. The van der Waals surface area contributed by atoms with Crippen molar-refractivity contribution in [2.24, 2.45) is 0 Å². The van der Waals surface area contributed by atoms with Crippen LogP contribution in [0.5, 0.6) is 5.75 Å². The molecule has 0 fully saturated rings. The number of amides is 1. The lowest BCUT2D eigenvalue weighted by Gasteiger charge is -2.33. The monoisotopic (exact) mass is 448 g/mol. The van der Waals surface area contributed by atoms with Crippen molar-refractivity contribution in [3.05, 3.63) is 23.2 Å². The summed E-state index contributed by atoms with van der Waals surface area (Å²) in [4.78, 5) is 12.6. The Hall–Kier alpha value is -1.56. The number of anilines is 2. The van der Waals surface area contributed by atoms with Crippen molar-refractivity contribution in [2.45, 2.75) is 29.5 Å². The normalized spacial score (nSPS) is 16.8. The summed E-state index contributed by atoms with van der Waals surface area (Å²) in [7, 11) is -3.62. The Balaban J connectivity index is 1.80. The second-order valence-corrected chi connectivity index (χ2v) is 11.2. The van der Waals surface area contributed by atoms with Crippen LogP contribution < -0.4 is 14.4 Å². The van der Waals surface area contributed by atoms with E-state index >= 15 is 0 Å². The van der Waals surface area contributed by atoms with E-state index in [0.29, 0.717) is 21.1 Å². The van der Waals surface area contributed by atoms with E-state index in [4.69, 9.17) is 16.3 Å². The van der Waals surface area contributed by atoms with E-state index in [1.165, 1.54) is 23.5 Å². The number of hydrogen-bond acceptors (Lipinski definition) is 8. The largest absolute Gasteiger partial charge is 0.476 e. The number of carbonyl (C=O) groups excluding carboxylic acids is 1. The van der Waals surface area contributed by atoms with Crippen LogP contribution in [0.2, 0.25) is 5.02 Å². The van der Waals surface area contributed by atoms with E-state index in [9.17, 15) is 13.2 Å². The first-order valence-electron chi connectivity index (χ1n) is 7.88. The summed E-state index contributed by atoms with van der Waals surface area (Å²) >= 11 is 8.76. The van der Waals surface area contributed by atoms with Crippen LogP contribution in [0.4, 0.5) is 10.8 Å². The van der Waals surface area contributed by atoms with E-state index in [-0.39, 0.29) is 12.3 Å². The maximum atomic E-state index is 12.6. The molecule has 12 heteroatoms. The fraction of sp³-hybridized carbons (Fsp3) is 0.400. The highest BCUT2D eigenvalue weighted by atomic mass is 35.5. The van der Waals surface area contributed by atoms with Crippen molar-refractivity contribution < 1.29 is 17.9 Å². The Labute approximate surface area is 170 Å². The number of carbonyl (C=O) groups is 1. The van der Waals surface area contributed by atoms with Crippen molar-refractivity contribution in [3.8, 4) is 5.75 Å². The molecular formula is C15H17ClN4O4S3. The molecule has 3 rings (SSSR count). The van der Waals surface area contributed by atoms with Gasteiger partial charge in [-0.05, 0) is 18.2 Å². The van der Waals surface area contributed by atoms with Gasteiger partial charge in [0.05, 0.1) is 18.5 Å². The van der Waals surface area contributed by atoms with Gasteiger partial charge in [-0.25, -0.2) is 8.42 Å². The molecule has 0 bridgehead atoms. The first kappa shape index (κ1) is 20.2. The lowest BCUT2D eigenvalue weighted by atomic mass is 10.2. The number of nitrogens with zero attached hydrogens (tertiary/aromatic N) is 3. The maximum Gasteiger partial charge on any atom is 0.269 e. The fourth-order valence-corrected chi connectivity index (χ4v) is 5.42. The van der Waals surface area contributed by atoms with Crippen molar-refractivity contribution in [3.63, 3.8) is 0 Å². The minimum Gasteiger partial charge on any atom is -0.476 e. The van der Waals surface area contributed by atoms with Crippen LogP contribution in [0.3, 0.4) is 0 Å². The van der Waals surface area contributed by atoms with E-state index in [2.05, 4.69) is 15.5 Å². The molecule has 2 aromatic rings. The number of rotatable bonds is 5. The van der Waals surface area contributed by atoms with Gasteiger partial charge in [0.2, 0.25) is 15.2 Å². The van der Waals surface area contributed by atoms with Gasteiger partial charge in [0.15, 0.2) is 10.4 Å². The van der Waals surface area contributed by atoms with Crippen LogP contribution in [-0.4, -0.2) is 48.7 Å². The molecule has 8 nitrogen and oxygen atoms in total. The number of sulfonamides is 1. The van der Waals surface area contributed by atoms with Crippen LogP contribution in [0.15, 0.2) is 22.5 Å². The van der Waals surface area contributed by atoms with Crippen molar-refractivity contribution >= 4 is 61.4 Å². The third-order valence-electron chi connectivity index (χ3n) is 3.46. The van der Waals surface area contributed by atoms with Crippen LogP contribution in [0, 0.1) is 0 Å². The molecule has 1 aromatic heterocycles. The number of thioether (sulfide) groups is 1.